The minimum atomic E-state index is -0.690. The van der Waals surface area contributed by atoms with Crippen molar-refractivity contribution in [1.29, 1.82) is 0 Å². The summed E-state index contributed by atoms with van der Waals surface area (Å²) in [5.41, 5.74) is 5.71. The quantitative estimate of drug-likeness (QED) is 0.368. The Kier molecular flexibility index (Phi) is 6.83. The molecular weight excluding hydrogens is 475 g/mol. The van der Waals surface area contributed by atoms with Crippen LogP contribution in [0.5, 0.6) is 11.6 Å². The lowest BCUT2D eigenvalue weighted by Gasteiger charge is -2.11. The highest BCUT2D eigenvalue weighted by molar-refractivity contribution is 6.34. The summed E-state index contributed by atoms with van der Waals surface area (Å²) in [6, 6.07) is 9.85. The Balaban J connectivity index is 1.58. The van der Waals surface area contributed by atoms with Gasteiger partial charge in [0.1, 0.15) is 22.2 Å². The normalized spacial score (nSPS) is 10.6. The van der Waals surface area contributed by atoms with Crippen LogP contribution in [-0.4, -0.2) is 25.7 Å². The number of carbonyl (C=O) groups is 1. The molecule has 9 nitrogen and oxygen atoms in total. The standard InChI is InChI=1S/C24H18ClFN6O3/c1-2-11-32-12-16(14-3-5-15(26)6-4-14)22(33)17(13-32)24(34)29-19-7-8-20(31-30-19)35-18-9-10-28-23(27)21(18)25/h2-10,12-13H,1,11H2,(H2,27,28)(H,29,30,34). The monoisotopic (exact) mass is 492 g/mol. The second kappa shape index (κ2) is 10.1. The van der Waals surface area contributed by atoms with Crippen LogP contribution in [0.2, 0.25) is 5.02 Å². The van der Waals surface area contributed by atoms with Gasteiger partial charge in [-0.05, 0) is 23.8 Å². The molecule has 0 aliphatic rings. The number of nitrogens with one attached hydrogen (secondary N) is 1. The van der Waals surface area contributed by atoms with Crippen LogP contribution in [0.15, 0.2) is 78.5 Å². The number of nitrogen functional groups attached to an aromatic ring is 1. The Morgan fingerprint density at radius 2 is 1.94 bits per heavy atom. The Hall–Kier alpha value is -4.57. The fraction of sp³-hybridized carbons (Fsp3) is 0.0417. The number of nitrogens with zero attached hydrogens (tertiary/aromatic N) is 4. The number of nitrogens with two attached hydrogens (primary N) is 1. The lowest BCUT2D eigenvalue weighted by atomic mass is 10.0. The SMILES string of the molecule is C=CCn1cc(C(=O)Nc2ccc(Oc3ccnc(N)c3Cl)nn2)c(=O)c(-c2ccc(F)cc2)c1. The molecule has 0 fully saturated rings. The number of carbonyl (C=O) groups excluding carboxylic acids is 1. The molecule has 3 aromatic heterocycles. The molecule has 1 amide bonds. The van der Waals surface area contributed by atoms with Gasteiger partial charge in [0.2, 0.25) is 11.3 Å². The second-order valence-corrected chi connectivity index (χ2v) is 7.61. The first-order valence-electron chi connectivity index (χ1n) is 10.2. The predicted octanol–water partition coefficient (Wildman–Crippen LogP) is 4.31. The topological polar surface area (TPSA) is 125 Å². The van der Waals surface area contributed by atoms with Gasteiger partial charge in [0, 0.05) is 42.8 Å². The van der Waals surface area contributed by atoms with Crippen LogP contribution < -0.4 is 21.2 Å². The maximum absolute atomic E-state index is 13.3. The van der Waals surface area contributed by atoms with Gasteiger partial charge in [0.05, 0.1) is 0 Å². The van der Waals surface area contributed by atoms with Crippen LogP contribution in [-0.2, 0) is 6.54 Å². The number of rotatable bonds is 7. The van der Waals surface area contributed by atoms with Gasteiger partial charge in [-0.25, -0.2) is 9.37 Å². The summed E-state index contributed by atoms with van der Waals surface area (Å²) in [6.45, 7) is 4.04. The minimum Gasteiger partial charge on any atom is -0.436 e. The third kappa shape index (κ3) is 5.33. The first kappa shape index (κ1) is 23.6. The van der Waals surface area contributed by atoms with Crippen LogP contribution in [0.1, 0.15) is 10.4 Å². The summed E-state index contributed by atoms with van der Waals surface area (Å²) in [4.78, 5) is 29.9. The van der Waals surface area contributed by atoms with E-state index in [1.54, 1.807) is 16.8 Å². The van der Waals surface area contributed by atoms with Gasteiger partial charge in [0.25, 0.3) is 5.91 Å². The molecule has 0 aliphatic heterocycles. The number of benzene rings is 1. The number of hydrogen-bond acceptors (Lipinski definition) is 7. The lowest BCUT2D eigenvalue weighted by molar-refractivity contribution is 0.102. The van der Waals surface area contributed by atoms with Crippen LogP contribution in [0, 0.1) is 5.82 Å². The largest absolute Gasteiger partial charge is 0.436 e. The molecule has 4 aromatic rings. The number of ether oxygens (including phenoxy) is 1. The van der Waals surface area contributed by atoms with Crippen molar-refractivity contribution in [2.45, 2.75) is 6.54 Å². The third-order valence-electron chi connectivity index (χ3n) is 4.80. The molecule has 0 unspecified atom stereocenters. The molecule has 0 atom stereocenters. The second-order valence-electron chi connectivity index (χ2n) is 7.23. The average Bonchev–Trinajstić information content (AvgIpc) is 2.85. The predicted molar refractivity (Wildman–Crippen MR) is 130 cm³/mol. The highest BCUT2D eigenvalue weighted by atomic mass is 35.5. The van der Waals surface area contributed by atoms with E-state index in [4.69, 9.17) is 22.1 Å². The van der Waals surface area contributed by atoms with E-state index in [9.17, 15) is 14.0 Å². The van der Waals surface area contributed by atoms with Crippen LogP contribution in [0.4, 0.5) is 16.0 Å². The number of pyridine rings is 2. The van der Waals surface area contributed by atoms with Gasteiger partial charge in [-0.1, -0.05) is 29.8 Å². The van der Waals surface area contributed by atoms with Crippen molar-refractivity contribution in [3.63, 3.8) is 0 Å². The molecular formula is C24H18ClFN6O3. The van der Waals surface area contributed by atoms with Gasteiger partial charge >= 0.3 is 0 Å². The van der Waals surface area contributed by atoms with E-state index >= 15 is 0 Å². The molecule has 0 aliphatic carbocycles. The molecule has 0 radical (unpaired) electrons. The Morgan fingerprint density at radius 3 is 2.63 bits per heavy atom. The summed E-state index contributed by atoms with van der Waals surface area (Å²) in [6.07, 6.45) is 6.04. The third-order valence-corrected chi connectivity index (χ3v) is 5.18. The van der Waals surface area contributed by atoms with E-state index in [1.165, 1.54) is 54.9 Å². The molecule has 3 N–H and O–H groups in total. The molecule has 11 heteroatoms. The van der Waals surface area contributed by atoms with E-state index in [2.05, 4.69) is 27.1 Å². The number of halogens is 2. The fourth-order valence-corrected chi connectivity index (χ4v) is 3.29. The van der Waals surface area contributed by atoms with Crippen molar-refractivity contribution in [1.82, 2.24) is 19.7 Å². The van der Waals surface area contributed by atoms with Crippen LogP contribution in [0.25, 0.3) is 11.1 Å². The fourth-order valence-electron chi connectivity index (χ4n) is 3.14. The first-order chi connectivity index (χ1) is 16.9. The minimum absolute atomic E-state index is 0.0875. The van der Waals surface area contributed by atoms with E-state index in [1.807, 2.05) is 0 Å². The molecule has 4 rings (SSSR count). The van der Waals surface area contributed by atoms with Crippen molar-refractivity contribution >= 4 is 29.1 Å². The van der Waals surface area contributed by atoms with Gasteiger partial charge in [-0.3, -0.25) is 9.59 Å². The number of anilines is 2. The maximum Gasteiger partial charge on any atom is 0.262 e. The average molecular weight is 493 g/mol. The number of amides is 1. The summed E-state index contributed by atoms with van der Waals surface area (Å²) >= 11 is 6.05. The van der Waals surface area contributed by atoms with Crippen molar-refractivity contribution in [3.8, 4) is 22.8 Å². The molecule has 176 valence electrons. The smallest absolute Gasteiger partial charge is 0.262 e. The Labute approximate surface area is 203 Å². The van der Waals surface area contributed by atoms with Crippen LogP contribution in [0.3, 0.4) is 0 Å². The van der Waals surface area contributed by atoms with Gasteiger partial charge in [0.15, 0.2) is 11.6 Å². The molecule has 0 bridgehead atoms. The Bertz CT molecular complexity index is 1460. The molecule has 1 aromatic carbocycles. The zero-order chi connectivity index (χ0) is 24.9. The van der Waals surface area contributed by atoms with Gasteiger partial charge in [-0.15, -0.1) is 16.8 Å². The molecule has 3 heterocycles. The van der Waals surface area contributed by atoms with Crippen molar-refractivity contribution < 1.29 is 13.9 Å². The summed E-state index contributed by atoms with van der Waals surface area (Å²) in [5, 5.41) is 10.5. The van der Waals surface area contributed by atoms with Gasteiger partial charge in [-0.2, -0.15) is 0 Å². The van der Waals surface area contributed by atoms with Crippen molar-refractivity contribution in [2.75, 3.05) is 11.1 Å². The lowest BCUT2D eigenvalue weighted by Crippen LogP contribution is -2.25. The number of aromatic nitrogens is 4. The molecule has 0 saturated carbocycles. The number of hydrogen-bond donors (Lipinski definition) is 2. The molecule has 0 spiro atoms. The summed E-state index contributed by atoms with van der Waals surface area (Å²) < 4.78 is 20.5. The van der Waals surface area contributed by atoms with Gasteiger partial charge < -0.3 is 20.4 Å². The van der Waals surface area contributed by atoms with Crippen molar-refractivity contribution in [3.05, 3.63) is 100 Å². The maximum atomic E-state index is 13.3. The molecule has 35 heavy (non-hydrogen) atoms. The Morgan fingerprint density at radius 1 is 1.17 bits per heavy atom. The summed E-state index contributed by atoms with van der Waals surface area (Å²) in [5.74, 6) is -0.595. The number of allylic oxidation sites excluding steroid dienone is 1. The highest BCUT2D eigenvalue weighted by Gasteiger charge is 2.17. The van der Waals surface area contributed by atoms with E-state index in [0.29, 0.717) is 12.1 Å². The zero-order valence-electron chi connectivity index (χ0n) is 18.1. The summed E-state index contributed by atoms with van der Waals surface area (Å²) in [7, 11) is 0. The van der Waals surface area contributed by atoms with E-state index < -0.39 is 17.2 Å². The van der Waals surface area contributed by atoms with Crippen LogP contribution >= 0.6 is 11.6 Å². The van der Waals surface area contributed by atoms with E-state index in [0.717, 1.165) is 0 Å². The zero-order valence-corrected chi connectivity index (χ0v) is 18.9. The van der Waals surface area contributed by atoms with Crippen molar-refractivity contribution in [2.24, 2.45) is 0 Å². The first-order valence-corrected chi connectivity index (χ1v) is 10.6. The highest BCUT2D eigenvalue weighted by Crippen LogP contribution is 2.31. The van der Waals surface area contributed by atoms with E-state index in [-0.39, 0.29) is 39.4 Å². The molecule has 0 saturated heterocycles.